The Bertz CT molecular complexity index is 1290. The number of ether oxygens (including phenoxy) is 1. The maximum Gasteiger partial charge on any atom is 0.273 e. The number of halogens is 1. The summed E-state index contributed by atoms with van der Waals surface area (Å²) in [4.78, 5) is 30.0. The Morgan fingerprint density at radius 2 is 2.00 bits per heavy atom. The highest BCUT2D eigenvalue weighted by Crippen LogP contribution is 2.28. The van der Waals surface area contributed by atoms with Gasteiger partial charge in [0.05, 0.1) is 17.5 Å². The lowest BCUT2D eigenvalue weighted by Gasteiger charge is -2.08. The number of pyridine rings is 1. The summed E-state index contributed by atoms with van der Waals surface area (Å²) in [6, 6.07) is 13.4. The molecule has 0 bridgehead atoms. The first-order valence-electron chi connectivity index (χ1n) is 8.83. The van der Waals surface area contributed by atoms with Gasteiger partial charge in [-0.15, -0.1) is 0 Å². The highest BCUT2D eigenvalue weighted by molar-refractivity contribution is 6.05. The van der Waals surface area contributed by atoms with Crippen molar-refractivity contribution >= 4 is 28.3 Å². The van der Waals surface area contributed by atoms with Crippen LogP contribution in [0.25, 0.3) is 22.0 Å². The molecular weight excluding hydrogens is 391 g/mol. The largest absolute Gasteiger partial charge is 0.497 e. The van der Waals surface area contributed by atoms with E-state index in [0.29, 0.717) is 27.8 Å². The third kappa shape index (κ3) is 3.68. The molecule has 2 N–H and O–H groups in total. The average molecular weight is 406 g/mol. The number of methoxy groups -OCH3 is 1. The fourth-order valence-corrected chi connectivity index (χ4v) is 3.05. The van der Waals surface area contributed by atoms with E-state index in [1.807, 2.05) is 0 Å². The molecule has 0 atom stereocenters. The number of non-ortho nitro benzene ring substituents is 1. The quantitative estimate of drug-likeness (QED) is 0.373. The number of benzene rings is 2. The van der Waals surface area contributed by atoms with Crippen LogP contribution in [0.1, 0.15) is 10.5 Å². The van der Waals surface area contributed by atoms with Crippen LogP contribution in [-0.2, 0) is 0 Å². The SMILES string of the molecule is COc1ccc(F)c(-c2ccnc(NC(=O)c3cc4ccc([N+](=O)[O-])cc4[nH]3)c2)c1. The van der Waals surface area contributed by atoms with E-state index in [-0.39, 0.29) is 17.2 Å². The van der Waals surface area contributed by atoms with Gasteiger partial charge in [-0.1, -0.05) is 0 Å². The zero-order valence-electron chi connectivity index (χ0n) is 15.7. The van der Waals surface area contributed by atoms with Crippen molar-refractivity contribution in [3.63, 3.8) is 0 Å². The Morgan fingerprint density at radius 3 is 2.77 bits per heavy atom. The lowest BCUT2D eigenvalue weighted by molar-refractivity contribution is -0.384. The number of H-pyrrole nitrogens is 1. The van der Waals surface area contributed by atoms with Gasteiger partial charge in [-0.25, -0.2) is 9.37 Å². The summed E-state index contributed by atoms with van der Waals surface area (Å²) in [5.41, 5.74) is 1.43. The predicted molar refractivity (Wildman–Crippen MR) is 109 cm³/mol. The lowest BCUT2D eigenvalue weighted by Crippen LogP contribution is -2.13. The zero-order chi connectivity index (χ0) is 21.3. The molecule has 0 unspecified atom stereocenters. The fraction of sp³-hybridized carbons (Fsp3) is 0.0476. The fourth-order valence-electron chi connectivity index (χ4n) is 3.05. The van der Waals surface area contributed by atoms with Gasteiger partial charge in [-0.2, -0.15) is 0 Å². The van der Waals surface area contributed by atoms with Crippen LogP contribution < -0.4 is 10.1 Å². The van der Waals surface area contributed by atoms with Crippen molar-refractivity contribution in [2.45, 2.75) is 0 Å². The Hall–Kier alpha value is -4.27. The molecule has 0 aliphatic carbocycles. The highest BCUT2D eigenvalue weighted by atomic mass is 19.1. The zero-order valence-corrected chi connectivity index (χ0v) is 15.7. The van der Waals surface area contributed by atoms with E-state index < -0.39 is 16.6 Å². The van der Waals surface area contributed by atoms with Gasteiger partial charge in [0, 0.05) is 29.3 Å². The third-order valence-corrected chi connectivity index (χ3v) is 4.55. The predicted octanol–water partition coefficient (Wildman–Crippen LogP) is 4.54. The summed E-state index contributed by atoms with van der Waals surface area (Å²) in [5, 5.41) is 14.2. The molecule has 1 amide bonds. The van der Waals surface area contributed by atoms with Crippen LogP contribution in [0.2, 0.25) is 0 Å². The van der Waals surface area contributed by atoms with Crippen LogP contribution in [0.5, 0.6) is 5.75 Å². The number of nitro benzene ring substituents is 1. The summed E-state index contributed by atoms with van der Waals surface area (Å²) in [7, 11) is 1.49. The number of fused-ring (bicyclic) bond motifs is 1. The number of hydrogen-bond donors (Lipinski definition) is 2. The average Bonchev–Trinajstić information content (AvgIpc) is 3.18. The first kappa shape index (κ1) is 19.1. The van der Waals surface area contributed by atoms with E-state index in [2.05, 4.69) is 15.3 Å². The van der Waals surface area contributed by atoms with Crippen LogP contribution in [0, 0.1) is 15.9 Å². The number of nitro groups is 1. The van der Waals surface area contributed by atoms with Crippen LogP contribution in [0.15, 0.2) is 60.8 Å². The van der Waals surface area contributed by atoms with Crippen molar-refractivity contribution in [2.75, 3.05) is 12.4 Å². The molecule has 0 saturated carbocycles. The molecule has 2 aromatic heterocycles. The van der Waals surface area contributed by atoms with E-state index in [4.69, 9.17) is 4.74 Å². The van der Waals surface area contributed by atoms with E-state index in [1.165, 1.54) is 37.6 Å². The van der Waals surface area contributed by atoms with Crippen molar-refractivity contribution in [3.8, 4) is 16.9 Å². The van der Waals surface area contributed by atoms with Crippen molar-refractivity contribution < 1.29 is 18.8 Å². The lowest BCUT2D eigenvalue weighted by atomic mass is 10.1. The summed E-state index contributed by atoms with van der Waals surface area (Å²) in [6.07, 6.45) is 1.46. The van der Waals surface area contributed by atoms with Gasteiger partial charge in [0.2, 0.25) is 0 Å². The molecule has 2 aromatic carbocycles. The van der Waals surface area contributed by atoms with Crippen molar-refractivity contribution in [1.82, 2.24) is 9.97 Å². The minimum Gasteiger partial charge on any atom is -0.497 e. The number of carbonyl (C=O) groups is 1. The van der Waals surface area contributed by atoms with Crippen LogP contribution in [0.4, 0.5) is 15.9 Å². The Kier molecular flexibility index (Phi) is 4.85. The topological polar surface area (TPSA) is 110 Å². The Labute approximate surface area is 169 Å². The summed E-state index contributed by atoms with van der Waals surface area (Å²) in [5.74, 6) is -0.188. The standard InChI is InChI=1S/C21H15FN4O4/c1-30-15-4-5-17(22)16(11-15)12-6-7-23-20(9-12)25-21(27)19-8-13-2-3-14(26(28)29)10-18(13)24-19/h2-11,24H,1H3,(H,23,25,27). The van der Waals surface area contributed by atoms with Gasteiger partial charge in [0.25, 0.3) is 11.6 Å². The number of hydrogen-bond acceptors (Lipinski definition) is 5. The van der Waals surface area contributed by atoms with E-state index in [1.54, 1.807) is 30.3 Å². The number of rotatable bonds is 5. The first-order valence-corrected chi connectivity index (χ1v) is 8.83. The molecular formula is C21H15FN4O4. The molecule has 9 heteroatoms. The first-order chi connectivity index (χ1) is 14.4. The molecule has 0 aliphatic rings. The number of nitrogens with zero attached hydrogens (tertiary/aromatic N) is 2. The Balaban J connectivity index is 1.60. The molecule has 0 saturated heterocycles. The molecule has 8 nitrogen and oxygen atoms in total. The van der Waals surface area contributed by atoms with Crippen LogP contribution >= 0.6 is 0 Å². The van der Waals surface area contributed by atoms with Gasteiger partial charge in [0.15, 0.2) is 0 Å². The van der Waals surface area contributed by atoms with Gasteiger partial charge in [-0.05, 0) is 48.0 Å². The van der Waals surface area contributed by atoms with Crippen LogP contribution in [-0.4, -0.2) is 27.9 Å². The van der Waals surface area contributed by atoms with Gasteiger partial charge < -0.3 is 15.0 Å². The number of amides is 1. The van der Waals surface area contributed by atoms with E-state index >= 15 is 0 Å². The summed E-state index contributed by atoms with van der Waals surface area (Å²) in [6.45, 7) is 0. The molecule has 0 spiro atoms. The maximum atomic E-state index is 14.2. The number of anilines is 1. The van der Waals surface area contributed by atoms with Crippen molar-refractivity contribution in [2.24, 2.45) is 0 Å². The second-order valence-electron chi connectivity index (χ2n) is 6.44. The molecule has 4 aromatic rings. The number of aromatic amines is 1. The minimum absolute atomic E-state index is 0.0778. The van der Waals surface area contributed by atoms with Gasteiger partial charge in [0.1, 0.15) is 23.1 Å². The summed E-state index contributed by atoms with van der Waals surface area (Å²) >= 11 is 0. The molecule has 30 heavy (non-hydrogen) atoms. The van der Waals surface area contributed by atoms with Crippen LogP contribution in [0.3, 0.4) is 0 Å². The van der Waals surface area contributed by atoms with Crippen molar-refractivity contribution in [1.29, 1.82) is 0 Å². The molecule has 0 aliphatic heterocycles. The highest BCUT2D eigenvalue weighted by Gasteiger charge is 2.14. The molecule has 4 rings (SSSR count). The molecule has 0 fully saturated rings. The number of carbonyl (C=O) groups excluding carboxylic acids is 1. The maximum absolute atomic E-state index is 14.2. The monoisotopic (exact) mass is 406 g/mol. The van der Waals surface area contributed by atoms with E-state index in [0.717, 1.165) is 0 Å². The minimum atomic E-state index is -0.507. The van der Waals surface area contributed by atoms with Crippen molar-refractivity contribution in [3.05, 3.63) is 82.4 Å². The normalized spacial score (nSPS) is 10.7. The Morgan fingerprint density at radius 1 is 1.17 bits per heavy atom. The molecule has 150 valence electrons. The number of nitrogens with one attached hydrogen (secondary N) is 2. The smallest absolute Gasteiger partial charge is 0.273 e. The molecule has 2 heterocycles. The second-order valence-corrected chi connectivity index (χ2v) is 6.44. The van der Waals surface area contributed by atoms with E-state index in [9.17, 15) is 19.3 Å². The number of aromatic nitrogens is 2. The van der Waals surface area contributed by atoms with Gasteiger partial charge >= 0.3 is 0 Å². The molecule has 0 radical (unpaired) electrons. The summed E-state index contributed by atoms with van der Waals surface area (Å²) < 4.78 is 19.4. The second kappa shape index (κ2) is 7.63. The van der Waals surface area contributed by atoms with Gasteiger partial charge in [-0.3, -0.25) is 14.9 Å². The third-order valence-electron chi connectivity index (χ3n) is 4.55.